The third-order valence-corrected chi connectivity index (χ3v) is 4.40. The number of hydrogen-bond donors (Lipinski definition) is 2. The molecule has 0 aromatic carbocycles. The van der Waals surface area contributed by atoms with Crippen LogP contribution in [0.2, 0.25) is 0 Å². The van der Waals surface area contributed by atoms with Crippen molar-refractivity contribution in [1.82, 2.24) is 10.6 Å². The molecule has 1 aliphatic rings. The molecule has 0 saturated heterocycles. The lowest BCUT2D eigenvalue weighted by atomic mass is 9.90. The van der Waals surface area contributed by atoms with Crippen LogP contribution in [0.4, 0.5) is 4.79 Å². The van der Waals surface area contributed by atoms with Gasteiger partial charge < -0.3 is 15.4 Å². The summed E-state index contributed by atoms with van der Waals surface area (Å²) in [4.78, 5) is 24.8. The largest absolute Gasteiger partial charge is 0.444 e. The Labute approximate surface area is 135 Å². The van der Waals surface area contributed by atoms with E-state index in [2.05, 4.69) is 10.6 Å². The van der Waals surface area contributed by atoms with Crippen LogP contribution in [0.3, 0.4) is 0 Å². The van der Waals surface area contributed by atoms with E-state index in [0.717, 1.165) is 25.7 Å². The zero-order chi connectivity index (χ0) is 16.2. The minimum atomic E-state index is -0.519. The van der Waals surface area contributed by atoms with Gasteiger partial charge in [0.15, 0.2) is 0 Å². The van der Waals surface area contributed by atoms with Crippen molar-refractivity contribution >= 4 is 23.3 Å². The van der Waals surface area contributed by atoms with Gasteiger partial charge in [-0.25, -0.2) is 4.79 Å². The summed E-state index contributed by atoms with van der Waals surface area (Å²) in [5.41, 5.74) is -0.519. The number of carbonyl (C=O) groups is 2. The summed E-state index contributed by atoms with van der Waals surface area (Å²) in [7, 11) is 0. The van der Waals surface area contributed by atoms with E-state index in [-0.39, 0.29) is 18.0 Å². The van der Waals surface area contributed by atoms with Crippen LogP contribution in [0.15, 0.2) is 17.5 Å². The number of amides is 2. The van der Waals surface area contributed by atoms with Gasteiger partial charge in [0.05, 0.1) is 10.9 Å². The molecule has 1 fully saturated rings. The standard InChI is InChI=1S/C16H24N2O3S/c1-16(2,3)21-15(20)18-12-8-5-4-7-11(12)17-14(19)13-9-6-10-22-13/h6,9-12H,4-5,7-8H2,1-3H3,(H,17,19)(H,18,20)/t11-,12+/m1/s1. The van der Waals surface area contributed by atoms with Crippen LogP contribution in [-0.4, -0.2) is 29.7 Å². The summed E-state index contributed by atoms with van der Waals surface area (Å²) < 4.78 is 5.31. The third kappa shape index (κ3) is 5.02. The molecule has 22 heavy (non-hydrogen) atoms. The molecule has 0 bridgehead atoms. The first-order valence-electron chi connectivity index (χ1n) is 7.69. The molecule has 2 N–H and O–H groups in total. The van der Waals surface area contributed by atoms with Gasteiger partial charge in [0.1, 0.15) is 5.60 Å². The zero-order valence-corrected chi connectivity index (χ0v) is 14.2. The van der Waals surface area contributed by atoms with Crippen LogP contribution in [0, 0.1) is 0 Å². The molecular weight excluding hydrogens is 300 g/mol. The summed E-state index contributed by atoms with van der Waals surface area (Å²) in [6.45, 7) is 5.51. The normalized spacial score (nSPS) is 22.0. The van der Waals surface area contributed by atoms with Gasteiger partial charge in [0.2, 0.25) is 0 Å². The summed E-state index contributed by atoms with van der Waals surface area (Å²) in [5.74, 6) is -0.0714. The van der Waals surface area contributed by atoms with Crippen molar-refractivity contribution in [2.24, 2.45) is 0 Å². The molecule has 0 unspecified atom stereocenters. The average Bonchev–Trinajstić information content (AvgIpc) is 2.92. The Hall–Kier alpha value is -1.56. The van der Waals surface area contributed by atoms with Gasteiger partial charge in [-0.15, -0.1) is 11.3 Å². The summed E-state index contributed by atoms with van der Waals surface area (Å²) >= 11 is 1.42. The first-order valence-corrected chi connectivity index (χ1v) is 8.57. The van der Waals surface area contributed by atoms with Crippen molar-refractivity contribution < 1.29 is 14.3 Å². The molecule has 1 aliphatic carbocycles. The maximum Gasteiger partial charge on any atom is 0.407 e. The van der Waals surface area contributed by atoms with Crippen LogP contribution in [0.5, 0.6) is 0 Å². The van der Waals surface area contributed by atoms with E-state index in [0.29, 0.717) is 4.88 Å². The predicted octanol–water partition coefficient (Wildman–Crippen LogP) is 3.31. The van der Waals surface area contributed by atoms with Gasteiger partial charge in [-0.05, 0) is 45.1 Å². The number of ether oxygens (including phenoxy) is 1. The van der Waals surface area contributed by atoms with Gasteiger partial charge in [-0.2, -0.15) is 0 Å². The molecule has 2 rings (SSSR count). The summed E-state index contributed by atoms with van der Waals surface area (Å²) in [5, 5.41) is 7.83. The number of carbonyl (C=O) groups excluding carboxylic acids is 2. The smallest absolute Gasteiger partial charge is 0.407 e. The number of alkyl carbamates (subject to hydrolysis) is 1. The fourth-order valence-corrected chi connectivity index (χ4v) is 3.21. The lowest BCUT2D eigenvalue weighted by molar-refractivity contribution is 0.0475. The molecule has 0 radical (unpaired) electrons. The predicted molar refractivity (Wildman–Crippen MR) is 87.2 cm³/mol. The number of rotatable bonds is 3. The van der Waals surface area contributed by atoms with Crippen LogP contribution >= 0.6 is 11.3 Å². The van der Waals surface area contributed by atoms with Crippen molar-refractivity contribution in [1.29, 1.82) is 0 Å². The Kier molecular flexibility index (Phi) is 5.45. The van der Waals surface area contributed by atoms with Gasteiger partial charge in [-0.3, -0.25) is 4.79 Å². The molecule has 1 heterocycles. The number of nitrogens with one attached hydrogen (secondary N) is 2. The Bertz CT molecular complexity index is 508. The molecule has 1 aromatic rings. The second kappa shape index (κ2) is 7.13. The SMILES string of the molecule is CC(C)(C)OC(=O)N[C@H]1CCCC[C@H]1NC(=O)c1cccs1. The lowest BCUT2D eigenvalue weighted by Gasteiger charge is -2.33. The highest BCUT2D eigenvalue weighted by Gasteiger charge is 2.29. The van der Waals surface area contributed by atoms with Crippen molar-refractivity contribution in [2.45, 2.75) is 64.1 Å². The average molecular weight is 324 g/mol. The van der Waals surface area contributed by atoms with Crippen molar-refractivity contribution in [2.75, 3.05) is 0 Å². The summed E-state index contributed by atoms with van der Waals surface area (Å²) in [6, 6.07) is 3.54. The van der Waals surface area contributed by atoms with E-state index in [1.807, 2.05) is 32.2 Å². The minimum absolute atomic E-state index is 0.0455. The van der Waals surface area contributed by atoms with Crippen molar-refractivity contribution in [3.8, 4) is 0 Å². The van der Waals surface area contributed by atoms with Crippen LogP contribution in [0.1, 0.15) is 56.1 Å². The second-order valence-electron chi connectivity index (χ2n) is 6.59. The van der Waals surface area contributed by atoms with Gasteiger partial charge >= 0.3 is 6.09 Å². The zero-order valence-electron chi connectivity index (χ0n) is 13.3. The fourth-order valence-electron chi connectivity index (χ4n) is 2.58. The third-order valence-electron chi connectivity index (χ3n) is 3.53. The molecule has 0 spiro atoms. The Morgan fingerprint density at radius 3 is 2.36 bits per heavy atom. The highest BCUT2D eigenvalue weighted by atomic mass is 32.1. The molecule has 2 amide bonds. The molecule has 1 saturated carbocycles. The minimum Gasteiger partial charge on any atom is -0.444 e. The number of hydrogen-bond acceptors (Lipinski definition) is 4. The van der Waals surface area contributed by atoms with E-state index in [1.165, 1.54) is 11.3 Å². The van der Waals surface area contributed by atoms with Gasteiger partial charge in [0.25, 0.3) is 5.91 Å². The van der Waals surface area contributed by atoms with Gasteiger partial charge in [-0.1, -0.05) is 18.9 Å². The van der Waals surface area contributed by atoms with E-state index in [4.69, 9.17) is 4.74 Å². The highest BCUT2D eigenvalue weighted by Crippen LogP contribution is 2.20. The van der Waals surface area contributed by atoms with E-state index < -0.39 is 11.7 Å². The molecule has 122 valence electrons. The fraction of sp³-hybridized carbons (Fsp3) is 0.625. The van der Waals surface area contributed by atoms with E-state index in [1.54, 1.807) is 6.07 Å². The molecule has 2 atom stereocenters. The second-order valence-corrected chi connectivity index (χ2v) is 7.54. The topological polar surface area (TPSA) is 67.4 Å². The molecule has 5 nitrogen and oxygen atoms in total. The van der Waals surface area contributed by atoms with E-state index in [9.17, 15) is 9.59 Å². The monoisotopic (exact) mass is 324 g/mol. The first kappa shape index (κ1) is 16.8. The molecule has 1 aromatic heterocycles. The molecular formula is C16H24N2O3S. The maximum atomic E-state index is 12.2. The first-order chi connectivity index (χ1) is 10.3. The Morgan fingerprint density at radius 2 is 1.82 bits per heavy atom. The van der Waals surface area contributed by atoms with Crippen molar-refractivity contribution in [3.05, 3.63) is 22.4 Å². The lowest BCUT2D eigenvalue weighted by Crippen LogP contribution is -2.53. The number of thiophene rings is 1. The summed E-state index contributed by atoms with van der Waals surface area (Å²) in [6.07, 6.45) is 3.41. The molecule has 0 aliphatic heterocycles. The maximum absolute atomic E-state index is 12.2. The van der Waals surface area contributed by atoms with Crippen LogP contribution in [0.25, 0.3) is 0 Å². The van der Waals surface area contributed by atoms with Crippen molar-refractivity contribution in [3.63, 3.8) is 0 Å². The van der Waals surface area contributed by atoms with E-state index >= 15 is 0 Å². The Balaban J connectivity index is 1.93. The van der Waals surface area contributed by atoms with Crippen LogP contribution < -0.4 is 10.6 Å². The Morgan fingerprint density at radius 1 is 1.18 bits per heavy atom. The molecule has 6 heteroatoms. The van der Waals surface area contributed by atoms with Crippen LogP contribution in [-0.2, 0) is 4.74 Å². The van der Waals surface area contributed by atoms with Gasteiger partial charge in [0, 0.05) is 6.04 Å². The quantitative estimate of drug-likeness (QED) is 0.896. The highest BCUT2D eigenvalue weighted by molar-refractivity contribution is 7.12.